The number of aromatic nitrogens is 3. The molecular weight excluding hydrogens is 280 g/mol. The number of hydrogen-bond acceptors (Lipinski definition) is 6. The van der Waals surface area contributed by atoms with E-state index in [4.69, 9.17) is 4.74 Å². The highest BCUT2D eigenvalue weighted by Gasteiger charge is 2.12. The van der Waals surface area contributed by atoms with Gasteiger partial charge in [0.2, 0.25) is 11.9 Å². The molecule has 8 heteroatoms. The van der Waals surface area contributed by atoms with E-state index in [2.05, 4.69) is 25.6 Å². The summed E-state index contributed by atoms with van der Waals surface area (Å²) in [5, 5.41) is 5.40. The Balaban J connectivity index is 2.34. The predicted octanol–water partition coefficient (Wildman–Crippen LogP) is 2.72. The van der Waals surface area contributed by atoms with E-state index in [1.165, 1.54) is 6.07 Å². The molecule has 0 aliphatic heterocycles. The summed E-state index contributed by atoms with van der Waals surface area (Å²) in [5.41, 5.74) is -0.325. The minimum Gasteiger partial charge on any atom is -0.464 e. The summed E-state index contributed by atoms with van der Waals surface area (Å²) < 4.78 is 32.4. The van der Waals surface area contributed by atoms with E-state index < -0.39 is 11.6 Å². The first-order chi connectivity index (χ1) is 10.1. The average Bonchev–Trinajstić information content (AvgIpc) is 2.44. The molecule has 2 N–H and O–H groups in total. The average molecular weight is 295 g/mol. The van der Waals surface area contributed by atoms with Crippen LogP contribution in [0.1, 0.15) is 13.8 Å². The van der Waals surface area contributed by atoms with Crippen LogP contribution in [0.5, 0.6) is 6.01 Å². The van der Waals surface area contributed by atoms with E-state index in [-0.39, 0.29) is 23.6 Å². The lowest BCUT2D eigenvalue weighted by Crippen LogP contribution is -2.09. The lowest BCUT2D eigenvalue weighted by molar-refractivity contribution is 0.312. The van der Waals surface area contributed by atoms with Gasteiger partial charge in [0.25, 0.3) is 0 Å². The van der Waals surface area contributed by atoms with E-state index in [9.17, 15) is 8.78 Å². The molecule has 1 heterocycles. The SMILES string of the molecule is CCNc1nc(Nc2c(F)cccc2F)nc(OCC)n1. The van der Waals surface area contributed by atoms with Gasteiger partial charge >= 0.3 is 6.01 Å². The van der Waals surface area contributed by atoms with Crippen molar-refractivity contribution in [1.82, 2.24) is 15.0 Å². The Bertz CT molecular complexity index is 579. The molecule has 0 amide bonds. The summed E-state index contributed by atoms with van der Waals surface area (Å²) in [4.78, 5) is 12.0. The molecule has 0 fully saturated rings. The normalized spacial score (nSPS) is 10.3. The van der Waals surface area contributed by atoms with Crippen molar-refractivity contribution in [2.24, 2.45) is 0 Å². The van der Waals surface area contributed by atoms with E-state index in [1.54, 1.807) is 6.92 Å². The molecule has 0 radical (unpaired) electrons. The van der Waals surface area contributed by atoms with E-state index >= 15 is 0 Å². The van der Waals surface area contributed by atoms with Gasteiger partial charge < -0.3 is 15.4 Å². The number of anilines is 3. The maximum atomic E-state index is 13.6. The Morgan fingerprint density at radius 3 is 2.33 bits per heavy atom. The van der Waals surface area contributed by atoms with E-state index in [0.29, 0.717) is 13.2 Å². The van der Waals surface area contributed by atoms with Crippen LogP contribution in [0.4, 0.5) is 26.4 Å². The largest absolute Gasteiger partial charge is 0.464 e. The highest BCUT2D eigenvalue weighted by molar-refractivity contribution is 5.56. The Morgan fingerprint density at radius 1 is 1.05 bits per heavy atom. The van der Waals surface area contributed by atoms with Crippen LogP contribution in [0.25, 0.3) is 0 Å². The maximum absolute atomic E-state index is 13.6. The van der Waals surface area contributed by atoms with Gasteiger partial charge in [-0.05, 0) is 26.0 Å². The van der Waals surface area contributed by atoms with Gasteiger partial charge in [0, 0.05) is 6.54 Å². The number of ether oxygens (including phenoxy) is 1. The van der Waals surface area contributed by atoms with Crippen LogP contribution < -0.4 is 15.4 Å². The van der Waals surface area contributed by atoms with Gasteiger partial charge in [0.05, 0.1) is 6.61 Å². The Morgan fingerprint density at radius 2 is 1.71 bits per heavy atom. The zero-order valence-corrected chi connectivity index (χ0v) is 11.7. The molecule has 2 rings (SSSR count). The summed E-state index contributed by atoms with van der Waals surface area (Å²) >= 11 is 0. The van der Waals surface area contributed by atoms with Crippen LogP contribution in [-0.2, 0) is 0 Å². The first-order valence-corrected chi connectivity index (χ1v) is 6.47. The summed E-state index contributed by atoms with van der Waals surface area (Å²) in [6.45, 7) is 4.60. The number of benzene rings is 1. The van der Waals surface area contributed by atoms with Crippen molar-refractivity contribution < 1.29 is 13.5 Å². The van der Waals surface area contributed by atoms with Gasteiger partial charge in [-0.15, -0.1) is 0 Å². The third-order valence-electron chi connectivity index (χ3n) is 2.42. The second-order valence-corrected chi connectivity index (χ2v) is 3.95. The van der Waals surface area contributed by atoms with Gasteiger partial charge in [-0.1, -0.05) is 6.07 Å². The Kier molecular flexibility index (Phi) is 4.81. The second kappa shape index (κ2) is 6.78. The number of rotatable bonds is 6. The van der Waals surface area contributed by atoms with Gasteiger partial charge in [-0.25, -0.2) is 8.78 Å². The number of halogens is 2. The zero-order chi connectivity index (χ0) is 15.2. The fraction of sp³-hybridized carbons (Fsp3) is 0.308. The van der Waals surface area contributed by atoms with Crippen LogP contribution in [0.15, 0.2) is 18.2 Å². The molecule has 0 bridgehead atoms. The summed E-state index contributed by atoms with van der Waals surface area (Å²) in [6.07, 6.45) is 0. The highest BCUT2D eigenvalue weighted by atomic mass is 19.1. The molecule has 0 aliphatic carbocycles. The molecule has 0 spiro atoms. The topological polar surface area (TPSA) is 72.0 Å². The molecule has 0 saturated heterocycles. The van der Waals surface area contributed by atoms with Gasteiger partial charge in [-0.3, -0.25) is 0 Å². The molecule has 6 nitrogen and oxygen atoms in total. The molecule has 1 aromatic heterocycles. The molecular formula is C13H15F2N5O. The maximum Gasteiger partial charge on any atom is 0.323 e. The molecule has 0 saturated carbocycles. The Hall–Kier alpha value is -2.51. The smallest absolute Gasteiger partial charge is 0.323 e. The van der Waals surface area contributed by atoms with Crippen molar-refractivity contribution in [3.63, 3.8) is 0 Å². The number of nitrogens with zero attached hydrogens (tertiary/aromatic N) is 3. The molecule has 0 aliphatic rings. The standard InChI is InChI=1S/C13H15F2N5O/c1-3-16-11-18-12(20-13(19-11)21-4-2)17-10-8(14)6-5-7-9(10)15/h5-7H,3-4H2,1-2H3,(H2,16,17,18,19,20). The van der Waals surface area contributed by atoms with Crippen molar-refractivity contribution in [2.45, 2.75) is 13.8 Å². The van der Waals surface area contributed by atoms with Crippen molar-refractivity contribution in [3.8, 4) is 6.01 Å². The van der Waals surface area contributed by atoms with Gasteiger partial charge in [-0.2, -0.15) is 15.0 Å². The molecule has 2 aromatic rings. The third-order valence-corrected chi connectivity index (χ3v) is 2.42. The summed E-state index contributed by atoms with van der Waals surface area (Å²) in [6, 6.07) is 3.63. The van der Waals surface area contributed by atoms with E-state index in [1.807, 2.05) is 6.92 Å². The predicted molar refractivity (Wildman–Crippen MR) is 74.8 cm³/mol. The Labute approximate surface area is 120 Å². The number of hydrogen-bond donors (Lipinski definition) is 2. The van der Waals surface area contributed by atoms with Crippen LogP contribution in [0, 0.1) is 11.6 Å². The third kappa shape index (κ3) is 3.74. The zero-order valence-electron chi connectivity index (χ0n) is 11.7. The number of para-hydroxylation sites is 1. The molecule has 0 atom stereocenters. The van der Waals surface area contributed by atoms with Gasteiger partial charge in [0.1, 0.15) is 17.3 Å². The minimum atomic E-state index is -0.738. The fourth-order valence-corrected chi connectivity index (χ4v) is 1.57. The molecule has 1 aromatic carbocycles. The van der Waals surface area contributed by atoms with Crippen molar-refractivity contribution in [1.29, 1.82) is 0 Å². The summed E-state index contributed by atoms with van der Waals surface area (Å²) in [5.74, 6) is -1.22. The van der Waals surface area contributed by atoms with E-state index in [0.717, 1.165) is 12.1 Å². The number of nitrogens with one attached hydrogen (secondary N) is 2. The molecule has 0 unspecified atom stereocenters. The quantitative estimate of drug-likeness (QED) is 0.853. The minimum absolute atomic E-state index is 0.00611. The highest BCUT2D eigenvalue weighted by Crippen LogP contribution is 2.22. The van der Waals surface area contributed by atoms with Crippen molar-refractivity contribution in [2.75, 3.05) is 23.8 Å². The lowest BCUT2D eigenvalue weighted by Gasteiger charge is -2.10. The lowest BCUT2D eigenvalue weighted by atomic mass is 10.3. The van der Waals surface area contributed by atoms with Crippen molar-refractivity contribution >= 4 is 17.6 Å². The first-order valence-electron chi connectivity index (χ1n) is 6.47. The van der Waals surface area contributed by atoms with Gasteiger partial charge in [0.15, 0.2) is 0 Å². The van der Waals surface area contributed by atoms with Crippen molar-refractivity contribution in [3.05, 3.63) is 29.8 Å². The van der Waals surface area contributed by atoms with Crippen LogP contribution in [-0.4, -0.2) is 28.1 Å². The molecule has 112 valence electrons. The summed E-state index contributed by atoms with van der Waals surface area (Å²) in [7, 11) is 0. The second-order valence-electron chi connectivity index (χ2n) is 3.95. The fourth-order valence-electron chi connectivity index (χ4n) is 1.57. The monoisotopic (exact) mass is 295 g/mol. The first kappa shape index (κ1) is 14.9. The molecule has 21 heavy (non-hydrogen) atoms. The van der Waals surface area contributed by atoms with Crippen LogP contribution >= 0.6 is 0 Å². The van der Waals surface area contributed by atoms with Crippen LogP contribution in [0.3, 0.4) is 0 Å². The van der Waals surface area contributed by atoms with Crippen LogP contribution in [0.2, 0.25) is 0 Å².